The number of halogens is 2. The Labute approximate surface area is 175 Å². The molecule has 0 unspecified atom stereocenters. The SMILES string of the molecule is COc1cnc(Cl)cc1-c1cc(C)ncc1C(=O)Nc1nnc([C@@H]2CC[C@@H]2F)s1. The molecule has 29 heavy (non-hydrogen) atoms. The fraction of sp³-hybridized carbons (Fsp3) is 0.316. The monoisotopic (exact) mass is 433 g/mol. The number of anilines is 1. The molecule has 0 spiro atoms. The van der Waals surface area contributed by atoms with Crippen molar-refractivity contribution < 1.29 is 13.9 Å². The molecule has 0 radical (unpaired) electrons. The second-order valence-electron chi connectivity index (χ2n) is 6.68. The summed E-state index contributed by atoms with van der Waals surface area (Å²) in [5, 5.41) is 11.9. The highest BCUT2D eigenvalue weighted by Crippen LogP contribution is 2.41. The highest BCUT2D eigenvalue weighted by Gasteiger charge is 2.35. The first-order chi connectivity index (χ1) is 14.0. The molecule has 2 atom stereocenters. The van der Waals surface area contributed by atoms with Crippen molar-refractivity contribution in [2.45, 2.75) is 31.9 Å². The molecule has 10 heteroatoms. The van der Waals surface area contributed by atoms with E-state index in [2.05, 4.69) is 25.5 Å². The number of methoxy groups -OCH3 is 1. The number of hydrogen-bond acceptors (Lipinski definition) is 7. The third-order valence-corrected chi connectivity index (χ3v) is 5.98. The number of aryl methyl sites for hydroxylation is 1. The molecule has 7 nitrogen and oxygen atoms in total. The van der Waals surface area contributed by atoms with Gasteiger partial charge in [0.05, 0.1) is 18.9 Å². The lowest BCUT2D eigenvalue weighted by Crippen LogP contribution is -2.24. The maximum atomic E-state index is 13.6. The van der Waals surface area contributed by atoms with Gasteiger partial charge in [-0.25, -0.2) is 9.37 Å². The topological polar surface area (TPSA) is 89.9 Å². The Hall–Kier alpha value is -2.65. The van der Waals surface area contributed by atoms with Crippen LogP contribution >= 0.6 is 22.9 Å². The Balaban J connectivity index is 1.65. The van der Waals surface area contributed by atoms with E-state index in [1.165, 1.54) is 30.8 Å². The Morgan fingerprint density at radius 1 is 1.24 bits per heavy atom. The number of ether oxygens (including phenoxy) is 1. The van der Waals surface area contributed by atoms with Crippen molar-refractivity contribution in [1.29, 1.82) is 0 Å². The van der Waals surface area contributed by atoms with Crippen LogP contribution in [0.1, 0.15) is 39.8 Å². The van der Waals surface area contributed by atoms with E-state index in [0.717, 1.165) is 12.1 Å². The summed E-state index contributed by atoms with van der Waals surface area (Å²) in [6, 6.07) is 3.41. The average Bonchev–Trinajstić information content (AvgIpc) is 3.13. The summed E-state index contributed by atoms with van der Waals surface area (Å²) in [4.78, 5) is 21.2. The van der Waals surface area contributed by atoms with Gasteiger partial charge in [-0.3, -0.25) is 15.1 Å². The number of carbonyl (C=O) groups is 1. The molecule has 4 rings (SSSR count). The molecule has 1 amide bonds. The second-order valence-corrected chi connectivity index (χ2v) is 8.07. The summed E-state index contributed by atoms with van der Waals surface area (Å²) >= 11 is 7.25. The van der Waals surface area contributed by atoms with Crippen LogP contribution in [0.2, 0.25) is 5.15 Å². The van der Waals surface area contributed by atoms with Crippen LogP contribution in [0.5, 0.6) is 5.75 Å². The van der Waals surface area contributed by atoms with Crippen molar-refractivity contribution in [3.05, 3.63) is 45.9 Å². The van der Waals surface area contributed by atoms with Crippen molar-refractivity contribution in [2.75, 3.05) is 12.4 Å². The second kappa shape index (κ2) is 8.00. The zero-order valence-electron chi connectivity index (χ0n) is 15.6. The Kier molecular flexibility index (Phi) is 5.42. The van der Waals surface area contributed by atoms with Crippen LogP contribution in [0.25, 0.3) is 11.1 Å². The van der Waals surface area contributed by atoms with Gasteiger partial charge < -0.3 is 4.74 Å². The minimum atomic E-state index is -0.886. The maximum absolute atomic E-state index is 13.6. The van der Waals surface area contributed by atoms with Crippen LogP contribution in [-0.4, -0.2) is 39.4 Å². The molecule has 0 saturated heterocycles. The van der Waals surface area contributed by atoms with Crippen LogP contribution in [0.15, 0.2) is 24.5 Å². The minimum Gasteiger partial charge on any atom is -0.494 e. The molecule has 3 heterocycles. The predicted octanol–water partition coefficient (Wildman–Crippen LogP) is 4.43. The number of aromatic nitrogens is 4. The van der Waals surface area contributed by atoms with Gasteiger partial charge in [0.15, 0.2) is 0 Å². The fourth-order valence-corrected chi connectivity index (χ4v) is 4.17. The van der Waals surface area contributed by atoms with Crippen molar-refractivity contribution in [3.8, 4) is 16.9 Å². The third-order valence-electron chi connectivity index (χ3n) is 4.80. The zero-order chi connectivity index (χ0) is 20.5. The van der Waals surface area contributed by atoms with Crippen molar-refractivity contribution in [3.63, 3.8) is 0 Å². The lowest BCUT2D eigenvalue weighted by molar-refractivity contribution is 0.102. The molecule has 1 aliphatic carbocycles. The van der Waals surface area contributed by atoms with Gasteiger partial charge in [-0.15, -0.1) is 10.2 Å². The fourth-order valence-electron chi connectivity index (χ4n) is 3.09. The van der Waals surface area contributed by atoms with Crippen LogP contribution in [0, 0.1) is 6.92 Å². The number of nitrogens with one attached hydrogen (secondary N) is 1. The summed E-state index contributed by atoms with van der Waals surface area (Å²) in [5.74, 6) is -0.153. The van der Waals surface area contributed by atoms with Gasteiger partial charge in [0.25, 0.3) is 5.91 Å². The quantitative estimate of drug-likeness (QED) is 0.598. The molecule has 1 N–H and O–H groups in total. The van der Waals surface area contributed by atoms with Crippen LogP contribution in [0.4, 0.5) is 9.52 Å². The van der Waals surface area contributed by atoms with Crippen LogP contribution in [-0.2, 0) is 0 Å². The summed E-state index contributed by atoms with van der Waals surface area (Å²) < 4.78 is 19.0. The first kappa shape index (κ1) is 19.7. The molecule has 1 aliphatic rings. The molecule has 150 valence electrons. The van der Waals surface area contributed by atoms with Crippen molar-refractivity contribution >= 4 is 34.0 Å². The van der Waals surface area contributed by atoms with Gasteiger partial charge in [0.2, 0.25) is 5.13 Å². The molecule has 0 aromatic carbocycles. The molecular weight excluding hydrogens is 417 g/mol. The Bertz CT molecular complexity index is 1080. The number of carbonyl (C=O) groups excluding carboxylic acids is 1. The lowest BCUT2D eigenvalue weighted by Gasteiger charge is -2.27. The highest BCUT2D eigenvalue weighted by molar-refractivity contribution is 7.15. The Morgan fingerprint density at radius 2 is 2.07 bits per heavy atom. The minimum absolute atomic E-state index is 0.224. The average molecular weight is 434 g/mol. The van der Waals surface area contributed by atoms with E-state index >= 15 is 0 Å². The van der Waals surface area contributed by atoms with E-state index in [9.17, 15) is 9.18 Å². The zero-order valence-corrected chi connectivity index (χ0v) is 17.2. The third kappa shape index (κ3) is 3.92. The summed E-state index contributed by atoms with van der Waals surface area (Å²) in [5.41, 5.74) is 2.27. The number of hydrogen-bond donors (Lipinski definition) is 1. The maximum Gasteiger partial charge on any atom is 0.259 e. The van der Waals surface area contributed by atoms with E-state index in [1.54, 1.807) is 12.1 Å². The normalized spacial score (nSPS) is 18.2. The summed E-state index contributed by atoms with van der Waals surface area (Å²) in [7, 11) is 1.52. The van der Waals surface area contributed by atoms with Crippen molar-refractivity contribution in [2.24, 2.45) is 0 Å². The van der Waals surface area contributed by atoms with Crippen molar-refractivity contribution in [1.82, 2.24) is 20.2 Å². The smallest absolute Gasteiger partial charge is 0.259 e. The molecule has 3 aromatic heterocycles. The van der Waals surface area contributed by atoms with Gasteiger partial charge in [0, 0.05) is 28.9 Å². The van der Waals surface area contributed by atoms with E-state index in [0.29, 0.717) is 39.0 Å². The summed E-state index contributed by atoms with van der Waals surface area (Å²) in [6.07, 6.45) is 3.39. The van der Waals surface area contributed by atoms with E-state index < -0.39 is 12.1 Å². The number of pyridine rings is 2. The van der Waals surface area contributed by atoms with Crippen LogP contribution in [0.3, 0.4) is 0 Å². The molecular formula is C19H17ClFN5O2S. The van der Waals surface area contributed by atoms with Gasteiger partial charge in [-0.2, -0.15) is 0 Å². The number of amides is 1. The standard InChI is InChI=1S/C19H17ClFN5O2S/c1-9-5-11(12-6-16(20)23-8-15(12)28-2)13(7-22-9)17(27)24-19-26-25-18(29-19)10-3-4-14(10)21/h5-8,10,14H,3-4H2,1-2H3,(H,24,26,27)/t10-,14+/m1/s1. The largest absolute Gasteiger partial charge is 0.494 e. The number of alkyl halides is 1. The molecule has 0 aliphatic heterocycles. The first-order valence-electron chi connectivity index (χ1n) is 8.91. The first-order valence-corrected chi connectivity index (χ1v) is 10.1. The van der Waals surface area contributed by atoms with Crippen LogP contribution < -0.4 is 10.1 Å². The highest BCUT2D eigenvalue weighted by atomic mass is 35.5. The van der Waals surface area contributed by atoms with Gasteiger partial charge in [-0.1, -0.05) is 22.9 Å². The predicted molar refractivity (Wildman–Crippen MR) is 109 cm³/mol. The Morgan fingerprint density at radius 3 is 2.76 bits per heavy atom. The summed E-state index contributed by atoms with van der Waals surface area (Å²) in [6.45, 7) is 1.82. The van der Waals surface area contributed by atoms with E-state index in [1.807, 2.05) is 6.92 Å². The van der Waals surface area contributed by atoms with Gasteiger partial charge >= 0.3 is 0 Å². The molecule has 1 fully saturated rings. The number of rotatable bonds is 5. The lowest BCUT2D eigenvalue weighted by atomic mass is 9.84. The molecule has 0 bridgehead atoms. The molecule has 3 aromatic rings. The van der Waals surface area contributed by atoms with Gasteiger partial charge in [0.1, 0.15) is 22.1 Å². The number of nitrogens with zero attached hydrogens (tertiary/aromatic N) is 4. The van der Waals surface area contributed by atoms with E-state index in [4.69, 9.17) is 16.3 Å². The van der Waals surface area contributed by atoms with E-state index in [-0.39, 0.29) is 11.1 Å². The molecule has 1 saturated carbocycles. The van der Waals surface area contributed by atoms with Gasteiger partial charge in [-0.05, 0) is 31.9 Å².